The van der Waals surface area contributed by atoms with Crippen molar-refractivity contribution in [2.75, 3.05) is 7.11 Å². The van der Waals surface area contributed by atoms with Crippen LogP contribution in [0.5, 0.6) is 5.75 Å². The molecule has 1 aliphatic rings. The molecule has 0 N–H and O–H groups in total. The van der Waals surface area contributed by atoms with E-state index in [9.17, 15) is 0 Å². The van der Waals surface area contributed by atoms with Gasteiger partial charge in [-0.05, 0) is 56.6 Å². The van der Waals surface area contributed by atoms with E-state index >= 15 is 0 Å². The third-order valence-corrected chi connectivity index (χ3v) is 5.17. The predicted molar refractivity (Wildman–Crippen MR) is 108 cm³/mol. The van der Waals surface area contributed by atoms with Crippen LogP contribution >= 0.6 is 0 Å². The third-order valence-electron chi connectivity index (χ3n) is 5.17. The second kappa shape index (κ2) is 5.89. The summed E-state index contributed by atoms with van der Waals surface area (Å²) in [6, 6.07) is 32.4. The zero-order valence-corrected chi connectivity index (χ0v) is 14.6. The van der Waals surface area contributed by atoms with Gasteiger partial charge >= 0.3 is 0 Å². The largest absolute Gasteiger partial charge is 0.497 e. The van der Waals surface area contributed by atoms with Crippen LogP contribution in [0.3, 0.4) is 0 Å². The van der Waals surface area contributed by atoms with Crippen molar-refractivity contribution in [3.8, 4) is 50.3 Å². The molecule has 26 heavy (non-hydrogen) atoms. The number of hydrogen-bond acceptors (Lipinski definition) is 1. The maximum Gasteiger partial charge on any atom is 0.119 e. The monoisotopic (exact) mass is 334 g/mol. The van der Waals surface area contributed by atoms with E-state index in [2.05, 4.69) is 84.9 Å². The second-order valence-electron chi connectivity index (χ2n) is 6.55. The zero-order valence-electron chi connectivity index (χ0n) is 14.6. The summed E-state index contributed by atoms with van der Waals surface area (Å²) < 4.78 is 5.52. The Morgan fingerprint density at radius 1 is 0.423 bits per heavy atom. The van der Waals surface area contributed by atoms with Crippen molar-refractivity contribution in [1.29, 1.82) is 0 Å². The SMILES string of the molecule is COc1ccc2c(c1)-c1ccccc1-c1ccccc1-c1ccccc1-2. The van der Waals surface area contributed by atoms with E-state index in [1.54, 1.807) is 7.11 Å². The van der Waals surface area contributed by atoms with E-state index in [1.165, 1.54) is 44.5 Å². The van der Waals surface area contributed by atoms with Gasteiger partial charge in [0.25, 0.3) is 0 Å². The van der Waals surface area contributed by atoms with Gasteiger partial charge in [0.1, 0.15) is 5.75 Å². The molecule has 4 aromatic rings. The highest BCUT2D eigenvalue weighted by atomic mass is 16.5. The molecular formula is C25H18O. The van der Waals surface area contributed by atoms with Gasteiger partial charge in [0.05, 0.1) is 7.11 Å². The third kappa shape index (κ3) is 2.18. The molecule has 4 aromatic carbocycles. The summed E-state index contributed by atoms with van der Waals surface area (Å²) in [6.07, 6.45) is 0. The lowest BCUT2D eigenvalue weighted by Crippen LogP contribution is -1.97. The van der Waals surface area contributed by atoms with Crippen molar-refractivity contribution in [2.24, 2.45) is 0 Å². The minimum absolute atomic E-state index is 0.880. The molecule has 0 atom stereocenters. The van der Waals surface area contributed by atoms with Gasteiger partial charge in [-0.3, -0.25) is 0 Å². The Hall–Kier alpha value is -3.32. The van der Waals surface area contributed by atoms with Crippen LogP contribution in [0, 0.1) is 0 Å². The van der Waals surface area contributed by atoms with Crippen LogP contribution in [0.2, 0.25) is 0 Å². The molecule has 0 bridgehead atoms. The lowest BCUT2D eigenvalue weighted by Gasteiger charge is -2.23. The van der Waals surface area contributed by atoms with E-state index < -0.39 is 0 Å². The Morgan fingerprint density at radius 3 is 1.15 bits per heavy atom. The standard InChI is InChI=1S/C25H18O/c1-26-17-14-15-24-22-12-5-4-10-20(22)18-8-2-3-9-19(18)21-11-6-7-13-23(21)25(24)16-17/h2-16H,1H3. The molecule has 1 nitrogen and oxygen atoms in total. The van der Waals surface area contributed by atoms with E-state index in [0.29, 0.717) is 0 Å². The van der Waals surface area contributed by atoms with E-state index in [-0.39, 0.29) is 0 Å². The predicted octanol–water partition coefficient (Wildman–Crippen LogP) is 6.68. The molecule has 0 heterocycles. The maximum atomic E-state index is 5.52. The Kier molecular flexibility index (Phi) is 3.39. The Balaban J connectivity index is 1.98. The highest BCUT2D eigenvalue weighted by Crippen LogP contribution is 2.47. The van der Waals surface area contributed by atoms with Crippen LogP contribution in [0.25, 0.3) is 44.5 Å². The van der Waals surface area contributed by atoms with Gasteiger partial charge in [-0.1, -0.05) is 78.9 Å². The van der Waals surface area contributed by atoms with Crippen molar-refractivity contribution in [2.45, 2.75) is 0 Å². The highest BCUT2D eigenvalue weighted by Gasteiger charge is 2.21. The van der Waals surface area contributed by atoms with Gasteiger partial charge < -0.3 is 4.74 Å². The average molecular weight is 334 g/mol. The highest BCUT2D eigenvalue weighted by molar-refractivity contribution is 6.03. The topological polar surface area (TPSA) is 9.23 Å². The van der Waals surface area contributed by atoms with Crippen molar-refractivity contribution in [1.82, 2.24) is 0 Å². The van der Waals surface area contributed by atoms with Gasteiger partial charge in [0, 0.05) is 0 Å². The van der Waals surface area contributed by atoms with Crippen LogP contribution in [0.4, 0.5) is 0 Å². The Bertz CT molecular complexity index is 1120. The van der Waals surface area contributed by atoms with E-state index in [0.717, 1.165) is 5.75 Å². The first-order valence-corrected chi connectivity index (χ1v) is 8.83. The molecule has 0 radical (unpaired) electrons. The van der Waals surface area contributed by atoms with Gasteiger partial charge in [0.2, 0.25) is 0 Å². The van der Waals surface area contributed by atoms with Crippen molar-refractivity contribution < 1.29 is 4.74 Å². The summed E-state index contributed by atoms with van der Waals surface area (Å²) in [7, 11) is 1.72. The first-order chi connectivity index (χ1) is 12.9. The zero-order chi connectivity index (χ0) is 17.5. The van der Waals surface area contributed by atoms with Gasteiger partial charge in [-0.2, -0.15) is 0 Å². The molecule has 0 aliphatic heterocycles. The summed E-state index contributed by atoms with van der Waals surface area (Å²) >= 11 is 0. The fourth-order valence-corrected chi connectivity index (χ4v) is 3.97. The van der Waals surface area contributed by atoms with Crippen molar-refractivity contribution in [3.05, 3.63) is 91.0 Å². The van der Waals surface area contributed by atoms with Crippen molar-refractivity contribution in [3.63, 3.8) is 0 Å². The average Bonchev–Trinajstić information content (AvgIpc) is 2.72. The summed E-state index contributed by atoms with van der Waals surface area (Å²) in [5, 5.41) is 0. The van der Waals surface area contributed by atoms with Crippen LogP contribution in [0.1, 0.15) is 0 Å². The molecule has 0 saturated carbocycles. The van der Waals surface area contributed by atoms with Gasteiger partial charge in [-0.25, -0.2) is 0 Å². The smallest absolute Gasteiger partial charge is 0.119 e. The minimum Gasteiger partial charge on any atom is -0.497 e. The van der Waals surface area contributed by atoms with Crippen LogP contribution < -0.4 is 4.74 Å². The molecule has 0 fully saturated rings. The summed E-state index contributed by atoms with van der Waals surface area (Å²) in [4.78, 5) is 0. The van der Waals surface area contributed by atoms with E-state index in [4.69, 9.17) is 4.74 Å². The lowest BCUT2D eigenvalue weighted by atomic mass is 9.81. The maximum absolute atomic E-state index is 5.52. The number of ether oxygens (including phenoxy) is 1. The van der Waals surface area contributed by atoms with Crippen molar-refractivity contribution >= 4 is 0 Å². The fraction of sp³-hybridized carbons (Fsp3) is 0.0400. The molecule has 1 heteroatoms. The van der Waals surface area contributed by atoms with Crippen LogP contribution in [-0.2, 0) is 0 Å². The Morgan fingerprint density at radius 2 is 0.769 bits per heavy atom. The molecule has 0 unspecified atom stereocenters. The van der Waals surface area contributed by atoms with Gasteiger partial charge in [-0.15, -0.1) is 0 Å². The normalized spacial score (nSPS) is 11.3. The summed E-state index contributed by atoms with van der Waals surface area (Å²) in [6.45, 7) is 0. The first-order valence-electron chi connectivity index (χ1n) is 8.83. The number of fused-ring (bicyclic) bond motifs is 8. The number of methoxy groups -OCH3 is 1. The second-order valence-corrected chi connectivity index (χ2v) is 6.55. The fourth-order valence-electron chi connectivity index (χ4n) is 3.97. The number of hydrogen-bond donors (Lipinski definition) is 0. The van der Waals surface area contributed by atoms with Gasteiger partial charge in [0.15, 0.2) is 0 Å². The Labute approximate surface area is 153 Å². The molecule has 0 saturated heterocycles. The molecular weight excluding hydrogens is 316 g/mol. The number of benzene rings is 4. The number of rotatable bonds is 1. The molecule has 124 valence electrons. The molecule has 0 aromatic heterocycles. The van der Waals surface area contributed by atoms with Crippen LogP contribution in [-0.4, -0.2) is 7.11 Å². The molecule has 1 aliphatic carbocycles. The lowest BCUT2D eigenvalue weighted by molar-refractivity contribution is 0.415. The quantitative estimate of drug-likeness (QED) is 0.332. The van der Waals surface area contributed by atoms with E-state index in [1.807, 2.05) is 6.07 Å². The summed E-state index contributed by atoms with van der Waals surface area (Å²) in [5.41, 5.74) is 10.0. The molecule has 0 spiro atoms. The van der Waals surface area contributed by atoms with Crippen LogP contribution in [0.15, 0.2) is 91.0 Å². The molecule has 5 rings (SSSR count). The molecule has 0 amide bonds. The first kappa shape index (κ1) is 15.0. The summed E-state index contributed by atoms with van der Waals surface area (Å²) in [5.74, 6) is 0.880. The minimum atomic E-state index is 0.880.